The minimum atomic E-state index is 0.887. The zero-order chi connectivity index (χ0) is 8.10. The third-order valence-corrected chi connectivity index (χ3v) is 1.84. The van der Waals surface area contributed by atoms with Crippen LogP contribution in [0.25, 0.3) is 0 Å². The highest BCUT2D eigenvalue weighted by Crippen LogP contribution is 2.05. The maximum atomic E-state index is 4.11. The molecule has 1 aromatic heterocycles. The number of rotatable bonds is 3. The van der Waals surface area contributed by atoms with Crippen LogP contribution in [-0.4, -0.2) is 11.5 Å². The second-order valence-corrected chi connectivity index (χ2v) is 3.08. The Morgan fingerprint density at radius 1 is 1.55 bits per heavy atom. The van der Waals surface area contributed by atoms with Gasteiger partial charge in [-0.25, -0.2) is 4.98 Å². The molecule has 1 rings (SSSR count). The quantitative estimate of drug-likeness (QED) is 0.779. The third kappa shape index (κ3) is 2.99. The molecule has 2 nitrogen and oxygen atoms in total. The predicted molar refractivity (Wildman–Crippen MR) is 49.3 cm³/mol. The van der Waals surface area contributed by atoms with Gasteiger partial charge in [-0.2, -0.15) is 0 Å². The van der Waals surface area contributed by atoms with Gasteiger partial charge in [-0.1, -0.05) is 13.0 Å². The first-order valence-electron chi connectivity index (χ1n) is 3.64. The molecule has 0 aliphatic rings. The fourth-order valence-corrected chi connectivity index (χ4v) is 1.01. The van der Waals surface area contributed by atoms with Crippen LogP contribution in [0.1, 0.15) is 12.5 Å². The second kappa shape index (κ2) is 4.46. The van der Waals surface area contributed by atoms with E-state index >= 15 is 0 Å². The lowest BCUT2D eigenvalue weighted by atomic mass is 10.3. The van der Waals surface area contributed by atoms with Gasteiger partial charge in [0.25, 0.3) is 0 Å². The smallest absolute Gasteiger partial charge is 0.106 e. The summed E-state index contributed by atoms with van der Waals surface area (Å²) < 4.78 is 0.887. The first-order chi connectivity index (χ1) is 5.33. The van der Waals surface area contributed by atoms with Crippen LogP contribution in [0, 0.1) is 0 Å². The van der Waals surface area contributed by atoms with Crippen LogP contribution in [0.2, 0.25) is 0 Å². The monoisotopic (exact) mass is 214 g/mol. The molecule has 0 saturated heterocycles. The van der Waals surface area contributed by atoms with E-state index in [2.05, 4.69) is 39.2 Å². The normalized spacial score (nSPS) is 10.0. The van der Waals surface area contributed by atoms with Crippen LogP contribution in [-0.2, 0) is 6.54 Å². The third-order valence-electron chi connectivity index (χ3n) is 1.37. The topological polar surface area (TPSA) is 24.9 Å². The van der Waals surface area contributed by atoms with E-state index < -0.39 is 0 Å². The van der Waals surface area contributed by atoms with Crippen molar-refractivity contribution in [1.82, 2.24) is 10.3 Å². The van der Waals surface area contributed by atoms with Crippen LogP contribution in [0.15, 0.2) is 22.9 Å². The Kier molecular flexibility index (Phi) is 3.52. The van der Waals surface area contributed by atoms with Gasteiger partial charge < -0.3 is 5.32 Å². The van der Waals surface area contributed by atoms with Crippen LogP contribution >= 0.6 is 15.9 Å². The van der Waals surface area contributed by atoms with E-state index in [1.165, 1.54) is 5.56 Å². The zero-order valence-electron chi connectivity index (χ0n) is 6.47. The summed E-state index contributed by atoms with van der Waals surface area (Å²) >= 11 is 3.28. The van der Waals surface area contributed by atoms with Gasteiger partial charge in [-0.3, -0.25) is 0 Å². The summed E-state index contributed by atoms with van der Waals surface area (Å²) in [5.74, 6) is 0. The summed E-state index contributed by atoms with van der Waals surface area (Å²) in [6.07, 6.45) is 1.87. The van der Waals surface area contributed by atoms with Crippen molar-refractivity contribution in [2.24, 2.45) is 0 Å². The molecule has 0 aromatic carbocycles. The number of hydrogen-bond donors (Lipinski definition) is 1. The molecule has 1 aromatic rings. The summed E-state index contributed by atoms with van der Waals surface area (Å²) in [6, 6.07) is 4.01. The number of hydrogen-bond acceptors (Lipinski definition) is 2. The van der Waals surface area contributed by atoms with E-state index in [-0.39, 0.29) is 0 Å². The van der Waals surface area contributed by atoms with Crippen molar-refractivity contribution in [1.29, 1.82) is 0 Å². The Labute approximate surface area is 75.2 Å². The molecule has 3 heteroatoms. The Balaban J connectivity index is 2.52. The fraction of sp³-hybridized carbons (Fsp3) is 0.375. The molecule has 0 amide bonds. The van der Waals surface area contributed by atoms with E-state index in [0.717, 1.165) is 17.7 Å². The van der Waals surface area contributed by atoms with E-state index in [4.69, 9.17) is 0 Å². The summed E-state index contributed by atoms with van der Waals surface area (Å²) in [4.78, 5) is 4.11. The van der Waals surface area contributed by atoms with Gasteiger partial charge in [0, 0.05) is 12.7 Å². The molecule has 0 saturated carbocycles. The zero-order valence-corrected chi connectivity index (χ0v) is 8.06. The molecule has 1 N–H and O–H groups in total. The largest absolute Gasteiger partial charge is 0.313 e. The average Bonchev–Trinajstić information content (AvgIpc) is 2.04. The van der Waals surface area contributed by atoms with Crippen molar-refractivity contribution in [3.05, 3.63) is 28.5 Å². The molecular formula is C8H11BrN2. The molecule has 0 spiro atoms. The predicted octanol–water partition coefficient (Wildman–Crippen LogP) is 1.95. The second-order valence-electron chi connectivity index (χ2n) is 2.27. The highest BCUT2D eigenvalue weighted by molar-refractivity contribution is 9.10. The SMILES string of the molecule is CCNCc1ccc(Br)nc1. The minimum Gasteiger partial charge on any atom is -0.313 e. The molecule has 0 bridgehead atoms. The van der Waals surface area contributed by atoms with Crippen molar-refractivity contribution >= 4 is 15.9 Å². The summed E-state index contributed by atoms with van der Waals surface area (Å²) in [6.45, 7) is 3.99. The van der Waals surface area contributed by atoms with Crippen LogP contribution in [0.5, 0.6) is 0 Å². The number of nitrogens with zero attached hydrogens (tertiary/aromatic N) is 1. The molecule has 0 aliphatic heterocycles. The Bertz CT molecular complexity index is 208. The molecule has 0 aliphatic carbocycles. The molecular weight excluding hydrogens is 204 g/mol. The lowest BCUT2D eigenvalue weighted by Crippen LogP contribution is -2.11. The maximum absolute atomic E-state index is 4.11. The van der Waals surface area contributed by atoms with Gasteiger partial charge >= 0.3 is 0 Å². The van der Waals surface area contributed by atoms with Crippen molar-refractivity contribution in [2.45, 2.75) is 13.5 Å². The molecule has 11 heavy (non-hydrogen) atoms. The van der Waals surface area contributed by atoms with E-state index in [9.17, 15) is 0 Å². The maximum Gasteiger partial charge on any atom is 0.106 e. The minimum absolute atomic E-state index is 0.887. The van der Waals surface area contributed by atoms with Gasteiger partial charge in [-0.15, -0.1) is 0 Å². The van der Waals surface area contributed by atoms with Crippen molar-refractivity contribution < 1.29 is 0 Å². The van der Waals surface area contributed by atoms with Gasteiger partial charge in [0.15, 0.2) is 0 Å². The fourth-order valence-electron chi connectivity index (χ4n) is 0.780. The van der Waals surface area contributed by atoms with Crippen molar-refractivity contribution in [2.75, 3.05) is 6.54 Å². The number of pyridine rings is 1. The highest BCUT2D eigenvalue weighted by Gasteiger charge is 1.90. The molecule has 0 unspecified atom stereocenters. The first-order valence-corrected chi connectivity index (χ1v) is 4.43. The number of halogens is 1. The Hall–Kier alpha value is -0.410. The summed E-state index contributed by atoms with van der Waals surface area (Å²) in [5.41, 5.74) is 1.22. The molecule has 0 atom stereocenters. The van der Waals surface area contributed by atoms with E-state index in [0.29, 0.717) is 0 Å². The van der Waals surface area contributed by atoms with Gasteiger partial charge in [0.2, 0.25) is 0 Å². The summed E-state index contributed by atoms with van der Waals surface area (Å²) in [7, 11) is 0. The van der Waals surface area contributed by atoms with Gasteiger partial charge in [0.1, 0.15) is 4.60 Å². The van der Waals surface area contributed by atoms with Gasteiger partial charge in [-0.05, 0) is 34.1 Å². The molecule has 0 radical (unpaired) electrons. The molecule has 60 valence electrons. The van der Waals surface area contributed by atoms with E-state index in [1.807, 2.05) is 12.3 Å². The standard InChI is InChI=1S/C8H11BrN2/c1-2-10-5-7-3-4-8(9)11-6-7/h3-4,6,10H,2,5H2,1H3. The van der Waals surface area contributed by atoms with E-state index in [1.54, 1.807) is 0 Å². The Morgan fingerprint density at radius 3 is 2.91 bits per heavy atom. The number of nitrogens with one attached hydrogen (secondary N) is 1. The van der Waals surface area contributed by atoms with Crippen molar-refractivity contribution in [3.63, 3.8) is 0 Å². The molecule has 1 heterocycles. The van der Waals surface area contributed by atoms with Crippen LogP contribution in [0.3, 0.4) is 0 Å². The average molecular weight is 215 g/mol. The molecule has 0 fully saturated rings. The number of aromatic nitrogens is 1. The van der Waals surface area contributed by atoms with Crippen LogP contribution in [0.4, 0.5) is 0 Å². The lowest BCUT2D eigenvalue weighted by Gasteiger charge is -2.00. The summed E-state index contributed by atoms with van der Waals surface area (Å²) in [5, 5.41) is 3.23. The lowest BCUT2D eigenvalue weighted by molar-refractivity contribution is 0.724. The van der Waals surface area contributed by atoms with Crippen LogP contribution < -0.4 is 5.32 Å². The highest BCUT2D eigenvalue weighted by atomic mass is 79.9. The Morgan fingerprint density at radius 2 is 2.36 bits per heavy atom. The van der Waals surface area contributed by atoms with Crippen molar-refractivity contribution in [3.8, 4) is 0 Å². The van der Waals surface area contributed by atoms with Gasteiger partial charge in [0.05, 0.1) is 0 Å². The first kappa shape index (κ1) is 8.68.